The Bertz CT molecular complexity index is 1090. The second-order valence-electron chi connectivity index (χ2n) is 11.7. The van der Waals surface area contributed by atoms with Gasteiger partial charge in [-0.3, -0.25) is 14.4 Å². The zero-order valence-corrected chi connectivity index (χ0v) is 21.7. The second-order valence-corrected chi connectivity index (χ2v) is 11.7. The van der Waals surface area contributed by atoms with E-state index in [-0.39, 0.29) is 23.8 Å². The van der Waals surface area contributed by atoms with Crippen LogP contribution >= 0.6 is 0 Å². The molecule has 36 heavy (non-hydrogen) atoms. The number of fused-ring (bicyclic) bond motifs is 1. The highest BCUT2D eigenvalue weighted by Crippen LogP contribution is 2.56. The number of nitrogens with zero attached hydrogens (tertiary/aromatic N) is 1. The molecule has 7 atom stereocenters. The van der Waals surface area contributed by atoms with Gasteiger partial charge in [0.05, 0.1) is 25.0 Å². The Morgan fingerprint density at radius 1 is 1.17 bits per heavy atom. The molecule has 5 rings (SSSR count). The Hall–Kier alpha value is -2.87. The van der Waals surface area contributed by atoms with Crippen LogP contribution in [0.25, 0.3) is 0 Å². The predicted octanol–water partition coefficient (Wildman–Crippen LogP) is 3.28. The van der Waals surface area contributed by atoms with E-state index in [9.17, 15) is 14.4 Å². The van der Waals surface area contributed by atoms with E-state index in [1.165, 1.54) is 6.42 Å². The predicted molar refractivity (Wildman–Crippen MR) is 135 cm³/mol. The minimum Gasteiger partial charge on any atom is -0.497 e. The standard InChI is InChI=1S/C28H37N3O5/c1-16-9-6-7-12-19(16)30-25(33)23-28-14-13-20(36-28)21(22(28)26(34)31(23)27(2,3)4)24(32)29-17-10-8-11-18(15-17)35-5/h8,10-11,13-16,19-23H,6-7,9,12H2,1-5H3,(H,29,32)(H,30,33)/t16-,19-,20+,21-,22+,23+,28+/m0/s1. The summed E-state index contributed by atoms with van der Waals surface area (Å²) in [6.07, 6.45) is 7.41. The first-order valence-corrected chi connectivity index (χ1v) is 13.0. The van der Waals surface area contributed by atoms with Crippen molar-refractivity contribution in [3.05, 3.63) is 36.4 Å². The molecular formula is C28H37N3O5. The number of hydrogen-bond acceptors (Lipinski definition) is 5. The zero-order valence-electron chi connectivity index (χ0n) is 21.7. The number of rotatable bonds is 5. The number of benzene rings is 1. The fourth-order valence-electron chi connectivity index (χ4n) is 6.61. The van der Waals surface area contributed by atoms with Gasteiger partial charge in [-0.05, 0) is 51.7 Å². The highest BCUT2D eigenvalue weighted by atomic mass is 16.5. The number of carbonyl (C=O) groups excluding carboxylic acids is 3. The van der Waals surface area contributed by atoms with Crippen LogP contribution in [0.1, 0.15) is 53.4 Å². The Labute approximate surface area is 212 Å². The van der Waals surface area contributed by atoms with Gasteiger partial charge in [0.15, 0.2) is 0 Å². The number of likely N-dealkylation sites (tertiary alicyclic amines) is 1. The highest BCUT2D eigenvalue weighted by Gasteiger charge is 2.74. The fraction of sp³-hybridized carbons (Fsp3) is 0.607. The maximum absolute atomic E-state index is 14.0. The van der Waals surface area contributed by atoms with Crippen LogP contribution in [-0.4, -0.2) is 59.1 Å². The van der Waals surface area contributed by atoms with E-state index in [4.69, 9.17) is 9.47 Å². The quantitative estimate of drug-likeness (QED) is 0.611. The van der Waals surface area contributed by atoms with Gasteiger partial charge in [-0.2, -0.15) is 0 Å². The Morgan fingerprint density at radius 3 is 2.61 bits per heavy atom. The van der Waals surface area contributed by atoms with E-state index in [2.05, 4.69) is 17.6 Å². The van der Waals surface area contributed by atoms with Gasteiger partial charge in [0.25, 0.3) is 0 Å². The van der Waals surface area contributed by atoms with Crippen molar-refractivity contribution in [1.29, 1.82) is 0 Å². The topological polar surface area (TPSA) is 97.0 Å². The molecule has 3 fully saturated rings. The Kier molecular flexibility index (Phi) is 6.14. The summed E-state index contributed by atoms with van der Waals surface area (Å²) in [5, 5.41) is 6.20. The number of amides is 3. The number of anilines is 1. The lowest BCUT2D eigenvalue weighted by molar-refractivity contribution is -0.147. The number of hydrogen-bond donors (Lipinski definition) is 2. The van der Waals surface area contributed by atoms with Gasteiger partial charge >= 0.3 is 0 Å². The monoisotopic (exact) mass is 495 g/mol. The fourth-order valence-corrected chi connectivity index (χ4v) is 6.61. The smallest absolute Gasteiger partial charge is 0.246 e. The average molecular weight is 496 g/mol. The van der Waals surface area contributed by atoms with Crippen molar-refractivity contribution >= 4 is 23.4 Å². The molecule has 194 valence electrons. The molecule has 3 heterocycles. The summed E-state index contributed by atoms with van der Waals surface area (Å²) in [6, 6.07) is 6.35. The maximum Gasteiger partial charge on any atom is 0.246 e. The van der Waals surface area contributed by atoms with Crippen LogP contribution in [0.5, 0.6) is 5.75 Å². The van der Waals surface area contributed by atoms with E-state index >= 15 is 0 Å². The first kappa shape index (κ1) is 24.8. The van der Waals surface area contributed by atoms with Crippen molar-refractivity contribution < 1.29 is 23.9 Å². The molecule has 3 amide bonds. The number of carbonyl (C=O) groups is 3. The van der Waals surface area contributed by atoms with E-state index in [0.717, 1.165) is 19.3 Å². The van der Waals surface area contributed by atoms with Crippen LogP contribution in [0.4, 0.5) is 5.69 Å². The zero-order chi connectivity index (χ0) is 25.8. The molecule has 1 aromatic rings. The lowest BCUT2D eigenvalue weighted by Crippen LogP contribution is -2.61. The first-order chi connectivity index (χ1) is 17.1. The third kappa shape index (κ3) is 3.90. The van der Waals surface area contributed by atoms with Crippen molar-refractivity contribution in [1.82, 2.24) is 10.2 Å². The molecule has 0 aromatic heterocycles. The molecule has 3 aliphatic heterocycles. The summed E-state index contributed by atoms with van der Waals surface area (Å²) in [5.41, 5.74) is -1.20. The van der Waals surface area contributed by atoms with Gasteiger partial charge in [-0.25, -0.2) is 0 Å². The van der Waals surface area contributed by atoms with Crippen LogP contribution in [0.3, 0.4) is 0 Å². The summed E-state index contributed by atoms with van der Waals surface area (Å²) in [5.74, 6) is -1.20. The Balaban J connectivity index is 1.46. The molecule has 1 spiro atoms. The van der Waals surface area contributed by atoms with Gasteiger partial charge in [0.1, 0.15) is 17.4 Å². The largest absolute Gasteiger partial charge is 0.497 e. The van der Waals surface area contributed by atoms with Crippen LogP contribution in [0.15, 0.2) is 36.4 Å². The van der Waals surface area contributed by atoms with Crippen molar-refractivity contribution in [2.45, 2.75) is 82.7 Å². The van der Waals surface area contributed by atoms with Gasteiger partial charge in [-0.15, -0.1) is 0 Å². The summed E-state index contributed by atoms with van der Waals surface area (Å²) in [6.45, 7) is 7.94. The summed E-state index contributed by atoms with van der Waals surface area (Å²) >= 11 is 0. The number of nitrogens with one attached hydrogen (secondary N) is 2. The maximum atomic E-state index is 14.0. The van der Waals surface area contributed by atoms with Crippen LogP contribution in [0.2, 0.25) is 0 Å². The third-order valence-electron chi connectivity index (χ3n) is 8.33. The molecule has 0 unspecified atom stereocenters. The molecule has 2 saturated heterocycles. The summed E-state index contributed by atoms with van der Waals surface area (Å²) in [7, 11) is 1.57. The minimum absolute atomic E-state index is 0.0772. The molecule has 1 aliphatic carbocycles. The third-order valence-corrected chi connectivity index (χ3v) is 8.33. The molecule has 4 aliphatic rings. The van der Waals surface area contributed by atoms with Crippen LogP contribution in [-0.2, 0) is 19.1 Å². The molecule has 1 saturated carbocycles. The molecular weight excluding hydrogens is 458 g/mol. The minimum atomic E-state index is -1.16. The number of ether oxygens (including phenoxy) is 2. The number of methoxy groups -OCH3 is 1. The Morgan fingerprint density at radius 2 is 1.92 bits per heavy atom. The van der Waals surface area contributed by atoms with Gasteiger partial charge in [-0.1, -0.05) is 38.0 Å². The molecule has 1 aromatic carbocycles. The molecule has 2 N–H and O–H groups in total. The van der Waals surface area contributed by atoms with Gasteiger partial charge in [0.2, 0.25) is 17.7 Å². The van der Waals surface area contributed by atoms with E-state index in [0.29, 0.717) is 17.4 Å². The lowest BCUT2D eigenvalue weighted by Gasteiger charge is -2.41. The molecule has 8 heteroatoms. The van der Waals surface area contributed by atoms with E-state index in [1.807, 2.05) is 32.9 Å². The first-order valence-electron chi connectivity index (χ1n) is 13.0. The van der Waals surface area contributed by atoms with E-state index < -0.39 is 35.1 Å². The average Bonchev–Trinajstić information content (AvgIpc) is 3.47. The SMILES string of the molecule is COc1cccc(NC(=O)[C@H]2[C@H]3C=C[C@@]4(O3)[C@H]2C(=O)N(C(C)(C)C)[C@@H]4C(=O)N[C@H]2CCCC[C@@H]2C)c1. The van der Waals surface area contributed by atoms with Crippen molar-refractivity contribution in [3.63, 3.8) is 0 Å². The summed E-state index contributed by atoms with van der Waals surface area (Å²) < 4.78 is 11.7. The summed E-state index contributed by atoms with van der Waals surface area (Å²) in [4.78, 5) is 43.1. The van der Waals surface area contributed by atoms with Crippen molar-refractivity contribution in [3.8, 4) is 5.75 Å². The van der Waals surface area contributed by atoms with Crippen LogP contribution in [0, 0.1) is 17.8 Å². The normalized spacial score (nSPS) is 35.0. The second kappa shape index (κ2) is 8.91. The van der Waals surface area contributed by atoms with Crippen molar-refractivity contribution in [2.24, 2.45) is 17.8 Å². The van der Waals surface area contributed by atoms with Gasteiger partial charge in [0, 0.05) is 23.3 Å². The highest BCUT2D eigenvalue weighted by molar-refractivity contribution is 6.03. The van der Waals surface area contributed by atoms with Crippen molar-refractivity contribution in [2.75, 3.05) is 12.4 Å². The molecule has 8 nitrogen and oxygen atoms in total. The van der Waals surface area contributed by atoms with Gasteiger partial charge < -0.3 is 25.0 Å². The molecule has 2 bridgehead atoms. The van der Waals surface area contributed by atoms with E-state index in [1.54, 1.807) is 36.3 Å². The molecule has 0 radical (unpaired) electrons. The van der Waals surface area contributed by atoms with Crippen LogP contribution < -0.4 is 15.4 Å². The lowest BCUT2D eigenvalue weighted by atomic mass is 9.74.